The fraction of sp³-hybridized carbons (Fsp3) is 0.267. The van der Waals surface area contributed by atoms with E-state index in [1.54, 1.807) is 31.3 Å². The van der Waals surface area contributed by atoms with Crippen LogP contribution < -0.4 is 10.2 Å². The molecule has 0 radical (unpaired) electrons. The Kier molecular flexibility index (Phi) is 8.53. The highest BCUT2D eigenvalue weighted by atomic mass is 19.1. The summed E-state index contributed by atoms with van der Waals surface area (Å²) in [4.78, 5) is 28.4. The van der Waals surface area contributed by atoms with Crippen molar-refractivity contribution in [3.8, 4) is 11.3 Å². The predicted molar refractivity (Wildman–Crippen MR) is 143 cm³/mol. The van der Waals surface area contributed by atoms with Gasteiger partial charge in [-0.3, -0.25) is 9.59 Å². The summed E-state index contributed by atoms with van der Waals surface area (Å²) in [5.74, 6) is -2.39. The average Bonchev–Trinajstić information content (AvgIpc) is 3.31. The lowest BCUT2D eigenvalue weighted by Crippen LogP contribution is -2.28. The molecule has 0 aliphatic heterocycles. The quantitative estimate of drug-likeness (QED) is 0.236. The first-order valence-electron chi connectivity index (χ1n) is 12.5. The number of hydrogen-bond donors (Lipinski definition) is 1. The number of carbonyl (C=O) groups excluding carboxylic acids is 2. The van der Waals surface area contributed by atoms with Crippen LogP contribution in [-0.4, -0.2) is 32.5 Å². The number of furan rings is 1. The van der Waals surface area contributed by atoms with E-state index < -0.39 is 23.4 Å². The van der Waals surface area contributed by atoms with Crippen LogP contribution in [0.2, 0.25) is 0 Å². The zero-order chi connectivity index (χ0) is 27.2. The van der Waals surface area contributed by atoms with Crippen molar-refractivity contribution < 1.29 is 27.5 Å². The summed E-state index contributed by atoms with van der Waals surface area (Å²) in [5, 5.41) is 2.66. The van der Waals surface area contributed by atoms with Crippen molar-refractivity contribution in [3.63, 3.8) is 0 Å². The Bertz CT molecular complexity index is 1430. The molecule has 0 bridgehead atoms. The van der Waals surface area contributed by atoms with Crippen LogP contribution in [0.25, 0.3) is 22.3 Å². The number of methoxy groups -OCH3 is 1. The summed E-state index contributed by atoms with van der Waals surface area (Å²) in [6, 6.07) is 15.8. The van der Waals surface area contributed by atoms with Crippen molar-refractivity contribution in [2.45, 2.75) is 32.8 Å². The van der Waals surface area contributed by atoms with Crippen LogP contribution in [-0.2, 0) is 11.3 Å². The van der Waals surface area contributed by atoms with E-state index in [-0.39, 0.29) is 34.5 Å². The lowest BCUT2D eigenvalue weighted by Gasteiger charge is -2.18. The molecule has 4 rings (SSSR count). The molecule has 0 spiro atoms. The number of hydrogen-bond acceptors (Lipinski definition) is 4. The Morgan fingerprint density at radius 3 is 2.37 bits per heavy atom. The number of amides is 2. The number of benzene rings is 3. The van der Waals surface area contributed by atoms with Crippen molar-refractivity contribution >= 4 is 28.5 Å². The number of rotatable bonds is 10. The molecule has 38 heavy (non-hydrogen) atoms. The molecule has 0 aliphatic rings. The highest BCUT2D eigenvalue weighted by Gasteiger charge is 2.31. The molecule has 1 N–H and O–H groups in total. The Hall–Kier alpha value is -4.04. The van der Waals surface area contributed by atoms with Gasteiger partial charge in [0.1, 0.15) is 23.0 Å². The molecule has 198 valence electrons. The van der Waals surface area contributed by atoms with Crippen LogP contribution in [0.1, 0.15) is 52.5 Å². The number of unbranched alkanes of at least 4 members (excludes halogenated alkanes) is 2. The average molecular weight is 521 g/mol. The molecule has 0 saturated heterocycles. The number of halogens is 2. The summed E-state index contributed by atoms with van der Waals surface area (Å²) >= 11 is 0. The molecule has 0 fully saturated rings. The first-order valence-corrected chi connectivity index (χ1v) is 12.5. The van der Waals surface area contributed by atoms with Gasteiger partial charge in [-0.2, -0.15) is 0 Å². The van der Waals surface area contributed by atoms with E-state index in [0.717, 1.165) is 19.3 Å². The van der Waals surface area contributed by atoms with E-state index in [1.165, 1.54) is 42.3 Å². The molecule has 3 aromatic carbocycles. The van der Waals surface area contributed by atoms with E-state index in [0.29, 0.717) is 23.4 Å². The number of para-hydroxylation sites is 1. The van der Waals surface area contributed by atoms with Crippen LogP contribution >= 0.6 is 0 Å². The molecule has 0 atom stereocenters. The van der Waals surface area contributed by atoms with Crippen molar-refractivity contribution in [1.82, 2.24) is 5.32 Å². The maximum Gasteiger partial charge on any atom is 0.262 e. The second kappa shape index (κ2) is 12.0. The van der Waals surface area contributed by atoms with E-state index in [2.05, 4.69) is 12.2 Å². The highest BCUT2D eigenvalue weighted by molar-refractivity contribution is 6.18. The van der Waals surface area contributed by atoms with Crippen LogP contribution in [0.4, 0.5) is 14.5 Å². The fourth-order valence-corrected chi connectivity index (χ4v) is 4.39. The summed E-state index contributed by atoms with van der Waals surface area (Å²) in [6.07, 6.45) is 2.67. The number of nitrogens with zero attached hydrogens (tertiary/aromatic N) is 1. The van der Waals surface area contributed by atoms with Crippen LogP contribution in [0, 0.1) is 11.6 Å². The van der Waals surface area contributed by atoms with Gasteiger partial charge in [-0.05, 0) is 54.4 Å². The Morgan fingerprint density at radius 2 is 1.71 bits per heavy atom. The van der Waals surface area contributed by atoms with Crippen molar-refractivity contribution in [2.24, 2.45) is 0 Å². The van der Waals surface area contributed by atoms with Gasteiger partial charge in [0.25, 0.3) is 11.8 Å². The van der Waals surface area contributed by atoms with Crippen molar-refractivity contribution in [2.75, 3.05) is 25.6 Å². The van der Waals surface area contributed by atoms with Crippen LogP contribution in [0.5, 0.6) is 0 Å². The van der Waals surface area contributed by atoms with Crippen molar-refractivity contribution in [1.29, 1.82) is 0 Å². The maximum atomic E-state index is 16.4. The number of carbonyl (C=O) groups is 2. The smallest absolute Gasteiger partial charge is 0.262 e. The first kappa shape index (κ1) is 27.0. The molecule has 6 nitrogen and oxygen atoms in total. The van der Waals surface area contributed by atoms with Crippen molar-refractivity contribution in [3.05, 3.63) is 89.0 Å². The monoisotopic (exact) mass is 520 g/mol. The van der Waals surface area contributed by atoms with Gasteiger partial charge in [0.2, 0.25) is 0 Å². The number of ether oxygens (including phenoxy) is 1. The third-order valence-corrected chi connectivity index (χ3v) is 6.36. The van der Waals surface area contributed by atoms with E-state index in [1.807, 2.05) is 6.07 Å². The first-order chi connectivity index (χ1) is 18.4. The van der Waals surface area contributed by atoms with Crippen LogP contribution in [0.3, 0.4) is 0 Å². The summed E-state index contributed by atoms with van der Waals surface area (Å²) in [6.45, 7) is 2.41. The van der Waals surface area contributed by atoms with Gasteiger partial charge >= 0.3 is 0 Å². The minimum Gasteiger partial charge on any atom is -0.455 e. The molecule has 2 amide bonds. The third kappa shape index (κ3) is 5.45. The number of anilines is 1. The summed E-state index contributed by atoms with van der Waals surface area (Å²) in [7, 11) is 3.02. The Balaban J connectivity index is 1.93. The van der Waals surface area contributed by atoms with E-state index >= 15 is 4.39 Å². The minimum absolute atomic E-state index is 0.0373. The second-order valence-corrected chi connectivity index (χ2v) is 9.01. The van der Waals surface area contributed by atoms with Gasteiger partial charge in [0, 0.05) is 32.0 Å². The lowest BCUT2D eigenvalue weighted by atomic mass is 9.98. The molecular formula is C30H30F2N2O4. The largest absolute Gasteiger partial charge is 0.455 e. The normalized spacial score (nSPS) is 11.1. The van der Waals surface area contributed by atoms with Gasteiger partial charge < -0.3 is 19.4 Å². The lowest BCUT2D eigenvalue weighted by molar-refractivity contribution is 0.0942. The van der Waals surface area contributed by atoms with Gasteiger partial charge in [0.05, 0.1) is 23.1 Å². The van der Waals surface area contributed by atoms with E-state index in [4.69, 9.17) is 9.15 Å². The topological polar surface area (TPSA) is 71.8 Å². The van der Waals surface area contributed by atoms with E-state index in [9.17, 15) is 14.0 Å². The molecule has 8 heteroatoms. The van der Waals surface area contributed by atoms with Gasteiger partial charge in [-0.25, -0.2) is 8.78 Å². The maximum absolute atomic E-state index is 16.4. The standard InChI is InChI=1S/C30H30F2N2O4/c1-4-5-9-16-33-29(35)24-20(18-37-3)17-23-25(27(24)32)26(28(38-23)19-12-14-21(31)15-13-19)30(36)34(2)22-10-7-6-8-11-22/h6-8,10-15,17H,4-5,9,16,18H2,1-3H3,(H,33,35). The Morgan fingerprint density at radius 1 is 1.00 bits per heavy atom. The number of fused-ring (bicyclic) bond motifs is 1. The zero-order valence-corrected chi connectivity index (χ0v) is 21.6. The summed E-state index contributed by atoms with van der Waals surface area (Å²) < 4.78 is 41.3. The molecule has 1 aromatic heterocycles. The van der Waals surface area contributed by atoms with Gasteiger partial charge in [-0.1, -0.05) is 38.0 Å². The minimum atomic E-state index is -0.871. The third-order valence-electron chi connectivity index (χ3n) is 6.36. The molecule has 1 heterocycles. The Labute approximate surface area is 220 Å². The predicted octanol–water partition coefficient (Wildman–Crippen LogP) is 6.72. The van der Waals surface area contributed by atoms with Crippen LogP contribution in [0.15, 0.2) is 65.1 Å². The molecule has 0 unspecified atom stereocenters. The molecular weight excluding hydrogens is 490 g/mol. The molecule has 0 aliphatic carbocycles. The highest BCUT2D eigenvalue weighted by Crippen LogP contribution is 2.39. The summed E-state index contributed by atoms with van der Waals surface area (Å²) in [5.41, 5.74) is 1.10. The second-order valence-electron chi connectivity index (χ2n) is 9.01. The van der Waals surface area contributed by atoms with Gasteiger partial charge in [0.15, 0.2) is 0 Å². The molecule has 4 aromatic rings. The molecule has 0 saturated carbocycles. The fourth-order valence-electron chi connectivity index (χ4n) is 4.39. The zero-order valence-electron chi connectivity index (χ0n) is 21.6. The van der Waals surface area contributed by atoms with Gasteiger partial charge in [-0.15, -0.1) is 0 Å². The number of nitrogens with one attached hydrogen (secondary N) is 1. The SMILES string of the molecule is CCCCCNC(=O)c1c(COC)cc2oc(-c3ccc(F)cc3)c(C(=O)N(C)c3ccccc3)c2c1F.